The highest BCUT2D eigenvalue weighted by atomic mass is 16.5. The first kappa shape index (κ1) is 9.42. The van der Waals surface area contributed by atoms with Crippen molar-refractivity contribution in [3.63, 3.8) is 0 Å². The van der Waals surface area contributed by atoms with Crippen molar-refractivity contribution in [3.05, 3.63) is 35.4 Å². The van der Waals surface area contributed by atoms with Crippen LogP contribution in [0.15, 0.2) is 24.3 Å². The van der Waals surface area contributed by atoms with Gasteiger partial charge in [0, 0.05) is 18.5 Å². The fourth-order valence-corrected chi connectivity index (χ4v) is 3.79. The van der Waals surface area contributed by atoms with Crippen LogP contribution in [0.2, 0.25) is 0 Å². The van der Waals surface area contributed by atoms with Crippen molar-refractivity contribution in [1.29, 1.82) is 0 Å². The number of hydrogen-bond acceptors (Lipinski definition) is 4. The summed E-state index contributed by atoms with van der Waals surface area (Å²) in [5, 5.41) is 13.4. The third-order valence-corrected chi connectivity index (χ3v) is 4.72. The van der Waals surface area contributed by atoms with Crippen LogP contribution in [0.3, 0.4) is 0 Å². The molecular formula is C16H19NO3. The molecule has 0 saturated carbocycles. The monoisotopic (exact) mass is 276 g/mol. The minimum absolute atomic E-state index is 0.197. The fourth-order valence-electron chi connectivity index (χ4n) is 3.79. The molecule has 106 valence electrons. The van der Waals surface area contributed by atoms with Crippen LogP contribution >= 0.6 is 0 Å². The summed E-state index contributed by atoms with van der Waals surface area (Å²) in [6.45, 7) is 1.55. The lowest BCUT2D eigenvalue weighted by Gasteiger charge is -2.35. The van der Waals surface area contributed by atoms with Gasteiger partial charge in [-0.1, -0.05) is 18.2 Å². The van der Waals surface area contributed by atoms with Gasteiger partial charge < -0.3 is 19.9 Å². The van der Waals surface area contributed by atoms with Crippen molar-refractivity contribution >= 4 is 0 Å². The third-order valence-electron chi connectivity index (χ3n) is 4.72. The highest BCUT2D eigenvalue weighted by Crippen LogP contribution is 2.55. The van der Waals surface area contributed by atoms with Crippen LogP contribution in [-0.4, -0.2) is 30.9 Å². The smallest absolute Gasteiger partial charge is 0.166 e. The molecule has 0 fully saturated rings. The molecule has 1 aliphatic carbocycles. The van der Waals surface area contributed by atoms with E-state index in [1.165, 1.54) is 0 Å². The van der Waals surface area contributed by atoms with Crippen LogP contribution in [-0.2, 0) is 12.0 Å². The van der Waals surface area contributed by atoms with E-state index in [1.807, 2.05) is 18.2 Å². The summed E-state index contributed by atoms with van der Waals surface area (Å²) in [5.41, 5.74) is 1.79. The number of methoxy groups -OCH3 is 1. The van der Waals surface area contributed by atoms with Gasteiger partial charge in [0.05, 0.1) is 22.7 Å². The summed E-state index contributed by atoms with van der Waals surface area (Å²) in [5.74, 6) is 0.772. The van der Waals surface area contributed by atoms with E-state index in [0.29, 0.717) is 18.7 Å². The van der Waals surface area contributed by atoms with Gasteiger partial charge in [-0.05, 0) is 24.6 Å². The van der Waals surface area contributed by atoms with Crippen molar-refractivity contribution in [2.24, 2.45) is 0 Å². The van der Waals surface area contributed by atoms with E-state index in [-0.39, 0.29) is 17.3 Å². The lowest BCUT2D eigenvalue weighted by atomic mass is 9.69. The van der Waals surface area contributed by atoms with Gasteiger partial charge in [0.25, 0.3) is 0 Å². The van der Waals surface area contributed by atoms with Gasteiger partial charge in [0.2, 0.25) is 0 Å². The normalized spacial score (nSPS) is 36.8. The Bertz CT molecular complexity index is 673. The second-order valence-electron chi connectivity index (χ2n) is 5.76. The van der Waals surface area contributed by atoms with E-state index in [0.717, 1.165) is 24.1 Å². The maximum atomic E-state index is 9.95. The zero-order valence-electron chi connectivity index (χ0n) is 14.1. The minimum Gasteiger partial charge on any atom is -0.493 e. The molecule has 20 heavy (non-hydrogen) atoms. The lowest BCUT2D eigenvalue weighted by Crippen LogP contribution is -2.42. The molecule has 0 unspecified atom stereocenters. The fraction of sp³-hybridized carbons (Fsp3) is 0.500. The molecule has 0 bridgehead atoms. The Morgan fingerprint density at radius 1 is 1.55 bits per heavy atom. The number of benzene rings is 1. The quantitative estimate of drug-likeness (QED) is 0.763. The van der Waals surface area contributed by atoms with Gasteiger partial charge in [-0.3, -0.25) is 0 Å². The zero-order chi connectivity index (χ0) is 16.2. The first-order valence-electron chi connectivity index (χ1n) is 8.49. The summed E-state index contributed by atoms with van der Waals surface area (Å²) >= 11 is 0. The van der Waals surface area contributed by atoms with E-state index in [2.05, 4.69) is 5.32 Å². The van der Waals surface area contributed by atoms with Crippen molar-refractivity contribution in [3.8, 4) is 11.5 Å². The summed E-state index contributed by atoms with van der Waals surface area (Å²) < 4.78 is 33.4. The number of aliphatic hydroxyl groups is 1. The van der Waals surface area contributed by atoms with E-state index in [4.69, 9.17) is 13.6 Å². The summed E-state index contributed by atoms with van der Waals surface area (Å²) in [6, 6.07) is 3.57. The molecule has 0 aromatic heterocycles. The van der Waals surface area contributed by atoms with Gasteiger partial charge in [-0.15, -0.1) is 0 Å². The molecule has 3 aliphatic rings. The summed E-state index contributed by atoms with van der Waals surface area (Å²) in [4.78, 5) is 0. The number of hydrogen-bond donors (Lipinski definition) is 2. The second kappa shape index (κ2) is 4.24. The SMILES string of the molecule is [2H]C([2H])([2H])Oc1ccc2c3c1O[C@H]1C[C@@H](O)C=C[C@@]31CCNC2. The van der Waals surface area contributed by atoms with Gasteiger partial charge in [-0.25, -0.2) is 0 Å². The Kier molecular flexibility index (Phi) is 2.00. The standard InChI is InChI=1S/C16H19NO3/c1-19-12-3-2-10-9-17-7-6-16-5-4-11(18)8-13(16)20-15(12)14(10)16/h2-5,11,13,17-18H,6-9H2,1H3/t11-,13-,16-/m0/s1/i1D3. The molecule has 4 nitrogen and oxygen atoms in total. The van der Waals surface area contributed by atoms with Crippen molar-refractivity contribution < 1.29 is 18.7 Å². The van der Waals surface area contributed by atoms with Gasteiger partial charge in [0.15, 0.2) is 11.5 Å². The summed E-state index contributed by atoms with van der Waals surface area (Å²) in [6.07, 6.45) is 4.47. The van der Waals surface area contributed by atoms with E-state index >= 15 is 0 Å². The molecule has 1 aromatic carbocycles. The zero-order valence-corrected chi connectivity index (χ0v) is 11.1. The van der Waals surface area contributed by atoms with Gasteiger partial charge in [-0.2, -0.15) is 0 Å². The van der Waals surface area contributed by atoms with E-state index in [1.54, 1.807) is 6.07 Å². The van der Waals surface area contributed by atoms with Crippen molar-refractivity contribution in [2.45, 2.75) is 37.0 Å². The molecule has 4 rings (SSSR count). The first-order valence-corrected chi connectivity index (χ1v) is 6.99. The van der Waals surface area contributed by atoms with Crippen molar-refractivity contribution in [1.82, 2.24) is 5.32 Å². The Hall–Kier alpha value is -1.52. The average Bonchev–Trinajstić information content (AvgIpc) is 2.67. The van der Waals surface area contributed by atoms with Crippen LogP contribution in [0.25, 0.3) is 0 Å². The predicted molar refractivity (Wildman–Crippen MR) is 75.2 cm³/mol. The Morgan fingerprint density at radius 3 is 3.40 bits per heavy atom. The van der Waals surface area contributed by atoms with E-state index < -0.39 is 13.1 Å². The molecule has 1 aromatic rings. The van der Waals surface area contributed by atoms with Crippen LogP contribution in [0.4, 0.5) is 0 Å². The van der Waals surface area contributed by atoms with Crippen molar-refractivity contribution in [2.75, 3.05) is 13.6 Å². The third kappa shape index (κ3) is 1.49. The number of ether oxygens (including phenoxy) is 2. The molecular weight excluding hydrogens is 254 g/mol. The molecule has 0 amide bonds. The number of nitrogens with one attached hydrogen (secondary N) is 1. The second-order valence-corrected chi connectivity index (χ2v) is 5.76. The highest BCUT2D eigenvalue weighted by molar-refractivity contribution is 5.60. The molecule has 3 atom stereocenters. The van der Waals surface area contributed by atoms with Crippen LogP contribution in [0.5, 0.6) is 11.5 Å². The molecule has 2 aliphatic heterocycles. The average molecular weight is 276 g/mol. The van der Waals surface area contributed by atoms with Gasteiger partial charge in [0.1, 0.15) is 6.10 Å². The van der Waals surface area contributed by atoms with Crippen LogP contribution in [0.1, 0.15) is 28.1 Å². The molecule has 2 heterocycles. The van der Waals surface area contributed by atoms with E-state index in [9.17, 15) is 5.11 Å². The predicted octanol–water partition coefficient (Wildman–Crippen LogP) is 1.51. The number of rotatable bonds is 1. The maximum Gasteiger partial charge on any atom is 0.166 e. The maximum absolute atomic E-state index is 9.95. The largest absolute Gasteiger partial charge is 0.493 e. The Balaban J connectivity index is 1.88. The summed E-state index contributed by atoms with van der Waals surface area (Å²) in [7, 11) is -2.52. The topological polar surface area (TPSA) is 50.7 Å². The Labute approximate surface area is 122 Å². The van der Waals surface area contributed by atoms with Crippen LogP contribution in [0, 0.1) is 0 Å². The molecule has 0 saturated heterocycles. The van der Waals surface area contributed by atoms with Gasteiger partial charge >= 0.3 is 0 Å². The Morgan fingerprint density at radius 2 is 2.50 bits per heavy atom. The lowest BCUT2D eigenvalue weighted by molar-refractivity contribution is 0.0851. The number of aliphatic hydroxyl groups excluding tert-OH is 1. The highest BCUT2D eigenvalue weighted by Gasteiger charge is 2.52. The molecule has 1 spiro atoms. The minimum atomic E-state index is -2.52. The molecule has 2 N–H and O–H groups in total. The molecule has 4 heteroatoms. The molecule has 0 radical (unpaired) electrons. The first-order chi connectivity index (χ1) is 10.9. The van der Waals surface area contributed by atoms with Crippen LogP contribution < -0.4 is 14.8 Å².